The number of aryl methyl sites for hydroxylation is 1. The molecule has 18 heavy (non-hydrogen) atoms. The van der Waals surface area contributed by atoms with E-state index in [9.17, 15) is 4.79 Å². The SMILES string of the molecule is Cc1ccc2c(C=O)nc(CC3CCCN3)n2c1. The highest BCUT2D eigenvalue weighted by Gasteiger charge is 2.18. The summed E-state index contributed by atoms with van der Waals surface area (Å²) < 4.78 is 2.05. The molecular formula is C14H17N3O. The highest BCUT2D eigenvalue weighted by atomic mass is 16.1. The molecule has 0 amide bonds. The van der Waals surface area contributed by atoms with E-state index in [1.807, 2.05) is 12.1 Å². The molecule has 4 nitrogen and oxygen atoms in total. The van der Waals surface area contributed by atoms with Crippen molar-refractivity contribution in [3.8, 4) is 0 Å². The van der Waals surface area contributed by atoms with Gasteiger partial charge in [-0.1, -0.05) is 6.07 Å². The molecule has 0 bridgehead atoms. The Morgan fingerprint density at radius 1 is 1.56 bits per heavy atom. The predicted octanol–water partition coefficient (Wildman–Crippen LogP) is 1.75. The summed E-state index contributed by atoms with van der Waals surface area (Å²) in [6.07, 6.45) is 6.21. The summed E-state index contributed by atoms with van der Waals surface area (Å²) in [6, 6.07) is 4.48. The minimum atomic E-state index is 0.496. The van der Waals surface area contributed by atoms with E-state index in [1.165, 1.54) is 18.4 Å². The number of hydrogen-bond acceptors (Lipinski definition) is 3. The maximum absolute atomic E-state index is 11.1. The van der Waals surface area contributed by atoms with Gasteiger partial charge in [0.1, 0.15) is 11.5 Å². The molecule has 1 fully saturated rings. The fourth-order valence-corrected chi connectivity index (χ4v) is 2.66. The van der Waals surface area contributed by atoms with Crippen molar-refractivity contribution in [1.82, 2.24) is 14.7 Å². The van der Waals surface area contributed by atoms with Crippen LogP contribution < -0.4 is 5.32 Å². The first kappa shape index (κ1) is 11.4. The van der Waals surface area contributed by atoms with E-state index in [1.54, 1.807) is 0 Å². The smallest absolute Gasteiger partial charge is 0.170 e. The van der Waals surface area contributed by atoms with Crippen LogP contribution in [0.15, 0.2) is 18.3 Å². The molecule has 0 spiro atoms. The van der Waals surface area contributed by atoms with Crippen LogP contribution >= 0.6 is 0 Å². The Kier molecular flexibility index (Phi) is 2.88. The molecular weight excluding hydrogens is 226 g/mol. The van der Waals surface area contributed by atoms with Crippen LogP contribution in [-0.4, -0.2) is 28.3 Å². The zero-order chi connectivity index (χ0) is 12.5. The van der Waals surface area contributed by atoms with Crippen LogP contribution in [-0.2, 0) is 6.42 Å². The van der Waals surface area contributed by atoms with Gasteiger partial charge >= 0.3 is 0 Å². The molecule has 3 rings (SSSR count). The lowest BCUT2D eigenvalue weighted by atomic mass is 10.1. The highest BCUT2D eigenvalue weighted by molar-refractivity contribution is 5.83. The first-order valence-corrected chi connectivity index (χ1v) is 6.44. The summed E-state index contributed by atoms with van der Waals surface area (Å²) in [6.45, 7) is 3.14. The second-order valence-corrected chi connectivity index (χ2v) is 4.99. The van der Waals surface area contributed by atoms with Gasteiger partial charge in [-0.15, -0.1) is 0 Å². The molecule has 0 aromatic carbocycles. The first-order chi connectivity index (χ1) is 8.78. The number of nitrogens with zero attached hydrogens (tertiary/aromatic N) is 2. The van der Waals surface area contributed by atoms with Crippen molar-refractivity contribution in [3.05, 3.63) is 35.4 Å². The molecule has 2 aromatic rings. The van der Waals surface area contributed by atoms with E-state index >= 15 is 0 Å². The van der Waals surface area contributed by atoms with E-state index in [4.69, 9.17) is 0 Å². The van der Waals surface area contributed by atoms with Crippen molar-refractivity contribution in [1.29, 1.82) is 0 Å². The molecule has 4 heteroatoms. The van der Waals surface area contributed by atoms with E-state index < -0.39 is 0 Å². The standard InChI is InChI=1S/C14H17N3O/c1-10-4-5-13-12(9-18)16-14(17(13)8-10)7-11-3-2-6-15-11/h4-5,8-9,11,15H,2-3,6-7H2,1H3. The number of aldehydes is 1. The lowest BCUT2D eigenvalue weighted by Crippen LogP contribution is -2.24. The van der Waals surface area contributed by atoms with Gasteiger partial charge in [0.15, 0.2) is 6.29 Å². The Balaban J connectivity index is 2.04. The average Bonchev–Trinajstić information content (AvgIpc) is 2.98. The molecule has 0 aliphatic carbocycles. The van der Waals surface area contributed by atoms with Crippen LogP contribution in [0.2, 0.25) is 0 Å². The van der Waals surface area contributed by atoms with E-state index in [2.05, 4.69) is 27.8 Å². The van der Waals surface area contributed by atoms with Crippen molar-refractivity contribution in [3.63, 3.8) is 0 Å². The Morgan fingerprint density at radius 2 is 2.44 bits per heavy atom. The summed E-state index contributed by atoms with van der Waals surface area (Å²) in [5.74, 6) is 0.982. The molecule has 0 radical (unpaired) electrons. The van der Waals surface area contributed by atoms with Gasteiger partial charge in [0.2, 0.25) is 0 Å². The number of aromatic nitrogens is 2. The molecule has 2 aromatic heterocycles. The van der Waals surface area contributed by atoms with Crippen LogP contribution in [0.4, 0.5) is 0 Å². The third-order valence-electron chi connectivity index (χ3n) is 3.59. The Bertz CT molecular complexity index is 582. The number of pyridine rings is 1. The first-order valence-electron chi connectivity index (χ1n) is 6.44. The van der Waals surface area contributed by atoms with Gasteiger partial charge in [-0.3, -0.25) is 4.79 Å². The summed E-state index contributed by atoms with van der Waals surface area (Å²) in [5.41, 5.74) is 2.63. The minimum Gasteiger partial charge on any atom is -0.314 e. The van der Waals surface area contributed by atoms with Crippen molar-refractivity contribution in [2.45, 2.75) is 32.2 Å². The Labute approximate surface area is 106 Å². The van der Waals surface area contributed by atoms with Crippen LogP contribution in [0.3, 0.4) is 0 Å². The summed E-state index contributed by atoms with van der Waals surface area (Å²) in [4.78, 5) is 15.5. The summed E-state index contributed by atoms with van der Waals surface area (Å²) in [5, 5.41) is 3.47. The van der Waals surface area contributed by atoms with Crippen molar-refractivity contribution >= 4 is 11.8 Å². The zero-order valence-electron chi connectivity index (χ0n) is 10.5. The van der Waals surface area contributed by atoms with Crippen LogP contribution in [0.25, 0.3) is 5.52 Å². The van der Waals surface area contributed by atoms with Crippen LogP contribution in [0.5, 0.6) is 0 Å². The fourth-order valence-electron chi connectivity index (χ4n) is 2.66. The highest BCUT2D eigenvalue weighted by Crippen LogP contribution is 2.17. The largest absolute Gasteiger partial charge is 0.314 e. The lowest BCUT2D eigenvalue weighted by Gasteiger charge is -2.09. The second-order valence-electron chi connectivity index (χ2n) is 4.99. The molecule has 3 heterocycles. The monoisotopic (exact) mass is 243 g/mol. The number of carbonyl (C=O) groups is 1. The number of rotatable bonds is 3. The van der Waals surface area contributed by atoms with Crippen molar-refractivity contribution < 1.29 is 4.79 Å². The molecule has 1 N–H and O–H groups in total. The maximum atomic E-state index is 11.1. The van der Waals surface area contributed by atoms with E-state index in [0.29, 0.717) is 11.7 Å². The fraction of sp³-hybridized carbons (Fsp3) is 0.429. The Hall–Kier alpha value is -1.68. The molecule has 1 aliphatic heterocycles. The number of nitrogens with one attached hydrogen (secondary N) is 1. The van der Waals surface area contributed by atoms with E-state index in [-0.39, 0.29) is 0 Å². The lowest BCUT2D eigenvalue weighted by molar-refractivity contribution is 0.112. The van der Waals surface area contributed by atoms with Crippen molar-refractivity contribution in [2.75, 3.05) is 6.54 Å². The molecule has 1 aliphatic rings. The van der Waals surface area contributed by atoms with Crippen LogP contribution in [0, 0.1) is 6.92 Å². The Morgan fingerprint density at radius 3 is 3.17 bits per heavy atom. The topological polar surface area (TPSA) is 46.4 Å². The van der Waals surface area contributed by atoms with Crippen molar-refractivity contribution in [2.24, 2.45) is 0 Å². The van der Waals surface area contributed by atoms with E-state index in [0.717, 1.165) is 30.6 Å². The van der Waals surface area contributed by atoms with Crippen LogP contribution in [0.1, 0.15) is 34.7 Å². The van der Waals surface area contributed by atoms with Gasteiger partial charge in [-0.05, 0) is 37.9 Å². The van der Waals surface area contributed by atoms with Gasteiger partial charge in [-0.2, -0.15) is 0 Å². The number of imidazole rings is 1. The summed E-state index contributed by atoms with van der Waals surface area (Å²) >= 11 is 0. The molecule has 1 unspecified atom stereocenters. The molecule has 1 saturated heterocycles. The molecule has 0 saturated carbocycles. The number of fused-ring (bicyclic) bond motifs is 1. The third-order valence-corrected chi connectivity index (χ3v) is 3.59. The molecule has 94 valence electrons. The number of hydrogen-bond donors (Lipinski definition) is 1. The maximum Gasteiger partial charge on any atom is 0.170 e. The average molecular weight is 243 g/mol. The normalized spacial score (nSPS) is 19.5. The van der Waals surface area contributed by atoms with Gasteiger partial charge < -0.3 is 9.72 Å². The van der Waals surface area contributed by atoms with Gasteiger partial charge in [0, 0.05) is 18.7 Å². The summed E-state index contributed by atoms with van der Waals surface area (Å²) in [7, 11) is 0. The van der Waals surface area contributed by atoms with Gasteiger partial charge in [0.05, 0.1) is 5.52 Å². The third kappa shape index (κ3) is 1.93. The van der Waals surface area contributed by atoms with Gasteiger partial charge in [-0.25, -0.2) is 4.98 Å². The predicted molar refractivity (Wildman–Crippen MR) is 70.0 cm³/mol. The quantitative estimate of drug-likeness (QED) is 0.835. The zero-order valence-corrected chi connectivity index (χ0v) is 10.5. The molecule has 1 atom stereocenters. The minimum absolute atomic E-state index is 0.496. The second kappa shape index (κ2) is 4.53. The van der Waals surface area contributed by atoms with Gasteiger partial charge in [0.25, 0.3) is 0 Å². The number of carbonyl (C=O) groups excluding carboxylic acids is 1.